The topological polar surface area (TPSA) is 34.1 Å². The van der Waals surface area contributed by atoms with Crippen LogP contribution in [-0.4, -0.2) is 19.0 Å². The Bertz CT molecular complexity index is 151. The third kappa shape index (κ3) is 2.97. The van der Waals surface area contributed by atoms with Gasteiger partial charge < -0.3 is 0 Å². The Balaban J connectivity index is 4.04. The van der Waals surface area contributed by atoms with Crippen molar-refractivity contribution in [2.75, 3.05) is 5.88 Å². The van der Waals surface area contributed by atoms with Crippen LogP contribution in [0, 0.1) is 0 Å². The van der Waals surface area contributed by atoms with Gasteiger partial charge in [0.25, 0.3) is 9.05 Å². The highest BCUT2D eigenvalue weighted by Crippen LogP contribution is 2.12. The number of alkyl halides is 2. The molecule has 0 aliphatic rings. The Hall–Kier alpha value is 0.820. The Morgan fingerprint density at radius 2 is 1.88 bits per heavy atom. The van der Waals surface area contributed by atoms with Crippen molar-refractivity contribution in [2.24, 2.45) is 0 Å². The van der Waals surface area contributed by atoms with Crippen LogP contribution in [0.25, 0.3) is 0 Å². The summed E-state index contributed by atoms with van der Waals surface area (Å²) in [6, 6.07) is 0. The van der Waals surface area contributed by atoms with Gasteiger partial charge in [0.15, 0.2) is 4.71 Å². The summed E-state index contributed by atoms with van der Waals surface area (Å²) in [5, 5.41) is 0. The number of halogens is 3. The minimum Gasteiger partial charge on any atom is -0.211 e. The van der Waals surface area contributed by atoms with Crippen LogP contribution in [0.5, 0.6) is 0 Å². The van der Waals surface area contributed by atoms with Gasteiger partial charge in [-0.15, -0.1) is 23.2 Å². The summed E-state index contributed by atoms with van der Waals surface area (Å²) in [7, 11) is 1.09. The Morgan fingerprint density at radius 3 is 1.88 bits per heavy atom. The molecule has 0 N–H and O–H groups in total. The van der Waals surface area contributed by atoms with Crippen molar-refractivity contribution >= 4 is 42.9 Å². The summed E-state index contributed by atoms with van der Waals surface area (Å²) in [6.07, 6.45) is 0. The molecule has 0 spiro atoms. The molecule has 50 valence electrons. The fraction of sp³-hybridized carbons (Fsp3) is 1.00. The molecule has 0 aliphatic carbocycles. The largest absolute Gasteiger partial charge is 0.250 e. The molecule has 8 heavy (non-hydrogen) atoms. The van der Waals surface area contributed by atoms with Gasteiger partial charge in [-0.25, -0.2) is 8.42 Å². The first-order valence-corrected chi connectivity index (χ1v) is 4.96. The molecule has 0 fully saturated rings. The van der Waals surface area contributed by atoms with Crippen LogP contribution in [0.2, 0.25) is 0 Å². The summed E-state index contributed by atoms with van der Waals surface area (Å²) in [6.45, 7) is 0. The molecule has 0 amide bonds. The van der Waals surface area contributed by atoms with E-state index in [-0.39, 0.29) is 5.88 Å². The maximum Gasteiger partial charge on any atom is 0.250 e. The lowest BCUT2D eigenvalue weighted by Crippen LogP contribution is -2.09. The molecule has 6 heteroatoms. The lowest BCUT2D eigenvalue weighted by atomic mass is 10.9. The van der Waals surface area contributed by atoms with Crippen molar-refractivity contribution in [3.63, 3.8) is 0 Å². The third-order valence-electron chi connectivity index (χ3n) is 0.427. The summed E-state index contributed by atoms with van der Waals surface area (Å²) >= 11 is 10.1. The third-order valence-corrected chi connectivity index (χ3v) is 3.63. The van der Waals surface area contributed by atoms with Gasteiger partial charge in [-0.2, -0.15) is 0 Å². The number of rotatable bonds is 2. The quantitative estimate of drug-likeness (QED) is 0.495. The lowest BCUT2D eigenvalue weighted by molar-refractivity contribution is 0.608. The van der Waals surface area contributed by atoms with Crippen LogP contribution in [0.1, 0.15) is 0 Å². The SMILES string of the molecule is O=S(=O)(Cl)[C@H](Cl)CCl. The van der Waals surface area contributed by atoms with Crippen LogP contribution < -0.4 is 0 Å². The van der Waals surface area contributed by atoms with Gasteiger partial charge in [0.2, 0.25) is 0 Å². The fourth-order valence-corrected chi connectivity index (χ4v) is 1.11. The minimum absolute atomic E-state index is 0.187. The molecule has 0 aromatic rings. The molecule has 0 aromatic carbocycles. The molecule has 2 nitrogen and oxygen atoms in total. The highest BCUT2D eigenvalue weighted by atomic mass is 35.7. The van der Waals surface area contributed by atoms with Crippen molar-refractivity contribution in [1.29, 1.82) is 0 Å². The molecule has 0 bridgehead atoms. The Kier molecular flexibility index (Phi) is 3.43. The zero-order chi connectivity index (χ0) is 6.78. The van der Waals surface area contributed by atoms with E-state index in [4.69, 9.17) is 33.9 Å². The van der Waals surface area contributed by atoms with Crippen molar-refractivity contribution in [1.82, 2.24) is 0 Å². The van der Waals surface area contributed by atoms with Gasteiger partial charge in [0, 0.05) is 10.7 Å². The maximum absolute atomic E-state index is 10.1. The lowest BCUT2D eigenvalue weighted by Gasteiger charge is -1.95. The zero-order valence-electron chi connectivity index (χ0n) is 3.64. The van der Waals surface area contributed by atoms with Gasteiger partial charge in [-0.05, 0) is 0 Å². The molecule has 0 aliphatic heterocycles. The van der Waals surface area contributed by atoms with E-state index in [1.807, 2.05) is 0 Å². The van der Waals surface area contributed by atoms with Crippen molar-refractivity contribution in [3.05, 3.63) is 0 Å². The Labute approximate surface area is 62.1 Å². The second-order valence-corrected chi connectivity index (χ2v) is 4.94. The van der Waals surface area contributed by atoms with E-state index < -0.39 is 13.8 Å². The normalized spacial score (nSPS) is 15.9. The number of hydrogen-bond donors (Lipinski definition) is 0. The summed E-state index contributed by atoms with van der Waals surface area (Å²) < 4.78 is 19.0. The van der Waals surface area contributed by atoms with Crippen molar-refractivity contribution < 1.29 is 8.42 Å². The Morgan fingerprint density at radius 1 is 1.50 bits per heavy atom. The predicted octanol–water partition coefficient (Wildman–Crippen LogP) is 1.36. The van der Waals surface area contributed by atoms with Gasteiger partial charge in [0.05, 0.1) is 5.88 Å². The molecule has 0 heterocycles. The van der Waals surface area contributed by atoms with E-state index in [9.17, 15) is 8.42 Å². The van der Waals surface area contributed by atoms with E-state index in [0.717, 1.165) is 0 Å². The second kappa shape index (κ2) is 3.11. The smallest absolute Gasteiger partial charge is 0.211 e. The van der Waals surface area contributed by atoms with Gasteiger partial charge in [-0.1, -0.05) is 0 Å². The van der Waals surface area contributed by atoms with Gasteiger partial charge in [-0.3, -0.25) is 0 Å². The molecule has 0 rings (SSSR count). The van der Waals surface area contributed by atoms with E-state index in [0.29, 0.717) is 0 Å². The van der Waals surface area contributed by atoms with E-state index in [1.165, 1.54) is 0 Å². The zero-order valence-corrected chi connectivity index (χ0v) is 6.73. The van der Waals surface area contributed by atoms with Crippen molar-refractivity contribution in [3.8, 4) is 0 Å². The van der Waals surface area contributed by atoms with Crippen LogP contribution in [0.15, 0.2) is 0 Å². The van der Waals surface area contributed by atoms with Crippen LogP contribution in [-0.2, 0) is 9.05 Å². The van der Waals surface area contributed by atoms with Crippen LogP contribution >= 0.6 is 33.9 Å². The number of hydrogen-bond acceptors (Lipinski definition) is 2. The molecule has 1 atom stereocenters. The average Bonchev–Trinajstić information content (AvgIpc) is 1.62. The van der Waals surface area contributed by atoms with Crippen molar-refractivity contribution in [2.45, 2.75) is 4.71 Å². The molecular weight excluding hydrogens is 194 g/mol. The first kappa shape index (κ1) is 8.82. The van der Waals surface area contributed by atoms with Crippen LogP contribution in [0.4, 0.5) is 0 Å². The molecule has 0 radical (unpaired) electrons. The minimum atomic E-state index is -3.65. The molecule has 0 saturated heterocycles. The summed E-state index contributed by atoms with van der Waals surface area (Å²) in [4.78, 5) is 0. The predicted molar refractivity (Wildman–Crippen MR) is 35.1 cm³/mol. The summed E-state index contributed by atoms with van der Waals surface area (Å²) in [5.41, 5.74) is 0. The second-order valence-electron chi connectivity index (χ2n) is 1.04. The monoisotopic (exact) mass is 196 g/mol. The maximum atomic E-state index is 10.1. The highest BCUT2D eigenvalue weighted by Gasteiger charge is 2.17. The average molecular weight is 197 g/mol. The molecule has 0 aromatic heterocycles. The fourth-order valence-electron chi connectivity index (χ4n) is 0.0752. The standard InChI is InChI=1S/C2H3Cl3O2S/c3-1-2(4)8(5,6)7/h2H,1H2/t2-/m0/s1. The highest BCUT2D eigenvalue weighted by molar-refractivity contribution is 8.15. The van der Waals surface area contributed by atoms with E-state index >= 15 is 0 Å². The van der Waals surface area contributed by atoms with E-state index in [1.54, 1.807) is 0 Å². The summed E-state index contributed by atoms with van der Waals surface area (Å²) in [5.74, 6) is -0.187. The first-order valence-electron chi connectivity index (χ1n) is 1.62. The molecule has 0 unspecified atom stereocenters. The molecular formula is C2H3Cl3O2S. The van der Waals surface area contributed by atoms with Gasteiger partial charge in [0.1, 0.15) is 0 Å². The van der Waals surface area contributed by atoms with E-state index in [2.05, 4.69) is 0 Å². The first-order chi connectivity index (χ1) is 3.48. The molecule has 0 saturated carbocycles. The van der Waals surface area contributed by atoms with Crippen LogP contribution in [0.3, 0.4) is 0 Å². The van der Waals surface area contributed by atoms with Gasteiger partial charge >= 0.3 is 0 Å².